The molecule has 0 spiro atoms. The third-order valence-electron chi connectivity index (χ3n) is 3.25. The smallest absolute Gasteiger partial charge is 0.320 e. The number of unbranched alkanes of at least 4 members (excludes halogenated alkanes) is 1. The Balaban J connectivity index is 4.22. The Morgan fingerprint density at radius 3 is 1.80 bits per heavy atom. The molecule has 0 aromatic heterocycles. The molecule has 0 unspecified atom stereocenters. The number of hydrogen-bond donors (Lipinski definition) is 0. The molecule has 0 rings (SSSR count). The summed E-state index contributed by atoms with van der Waals surface area (Å²) >= 11 is 0. The highest BCUT2D eigenvalue weighted by atomic mass is 16.6. The maximum Gasteiger partial charge on any atom is 0.320 e. The number of ether oxygens (including phenoxy) is 2. The summed E-state index contributed by atoms with van der Waals surface area (Å²) in [5.41, 5.74) is 0. The minimum absolute atomic E-state index is 0.286. The Morgan fingerprint density at radius 1 is 0.900 bits per heavy atom. The summed E-state index contributed by atoms with van der Waals surface area (Å²) in [5.74, 6) is -1.70. The van der Waals surface area contributed by atoms with Crippen LogP contribution in [0.2, 0.25) is 0 Å². The van der Waals surface area contributed by atoms with Crippen molar-refractivity contribution in [3.8, 4) is 0 Å². The second-order valence-electron chi connectivity index (χ2n) is 4.58. The lowest BCUT2D eigenvalue weighted by molar-refractivity contribution is -0.161. The van der Waals surface area contributed by atoms with E-state index in [2.05, 4.69) is 18.7 Å². The van der Waals surface area contributed by atoms with Crippen LogP contribution in [-0.2, 0) is 19.1 Å². The molecule has 0 amide bonds. The number of rotatable bonds is 11. The second kappa shape index (κ2) is 11.7. The van der Waals surface area contributed by atoms with Crippen LogP contribution >= 0.6 is 0 Å². The van der Waals surface area contributed by atoms with Gasteiger partial charge in [-0.3, -0.25) is 9.59 Å². The van der Waals surface area contributed by atoms with Crippen LogP contribution in [0.4, 0.5) is 0 Å². The molecule has 0 aliphatic rings. The highest BCUT2D eigenvalue weighted by Gasteiger charge is 2.28. The molecular formula is C15H29NO4. The van der Waals surface area contributed by atoms with E-state index in [4.69, 9.17) is 9.47 Å². The normalized spacial score (nSPS) is 10.9. The number of hydrogen-bond acceptors (Lipinski definition) is 5. The summed E-state index contributed by atoms with van der Waals surface area (Å²) in [5, 5.41) is 0. The largest absolute Gasteiger partial charge is 0.465 e. The Labute approximate surface area is 122 Å². The summed E-state index contributed by atoms with van der Waals surface area (Å²) in [7, 11) is 0. The first-order chi connectivity index (χ1) is 9.60. The first kappa shape index (κ1) is 18.9. The standard InChI is InChI=1S/C15H29NO4/c1-5-16(6-2)12-10-9-11-13(14(17)19-7-3)15(18)20-8-4/h13H,5-12H2,1-4H3. The van der Waals surface area contributed by atoms with Crippen molar-refractivity contribution in [2.45, 2.75) is 47.0 Å². The molecule has 0 radical (unpaired) electrons. The van der Waals surface area contributed by atoms with Crippen molar-refractivity contribution in [1.82, 2.24) is 4.90 Å². The van der Waals surface area contributed by atoms with Gasteiger partial charge in [0.05, 0.1) is 13.2 Å². The molecule has 0 aromatic carbocycles. The fourth-order valence-electron chi connectivity index (χ4n) is 2.04. The highest BCUT2D eigenvalue weighted by Crippen LogP contribution is 2.13. The molecule has 5 nitrogen and oxygen atoms in total. The fourth-order valence-corrected chi connectivity index (χ4v) is 2.04. The molecule has 0 aliphatic carbocycles. The van der Waals surface area contributed by atoms with Gasteiger partial charge in [-0.2, -0.15) is 0 Å². The first-order valence-electron chi connectivity index (χ1n) is 7.66. The van der Waals surface area contributed by atoms with Gasteiger partial charge in [0.15, 0.2) is 5.92 Å². The molecule has 0 saturated heterocycles. The van der Waals surface area contributed by atoms with Crippen molar-refractivity contribution in [3.63, 3.8) is 0 Å². The van der Waals surface area contributed by atoms with Gasteiger partial charge in [-0.1, -0.05) is 20.3 Å². The van der Waals surface area contributed by atoms with Gasteiger partial charge in [0.1, 0.15) is 0 Å². The van der Waals surface area contributed by atoms with E-state index >= 15 is 0 Å². The van der Waals surface area contributed by atoms with Crippen LogP contribution in [0, 0.1) is 5.92 Å². The van der Waals surface area contributed by atoms with Gasteiger partial charge in [-0.15, -0.1) is 0 Å². The van der Waals surface area contributed by atoms with Gasteiger partial charge in [0.25, 0.3) is 0 Å². The molecule has 0 N–H and O–H groups in total. The lowest BCUT2D eigenvalue weighted by Crippen LogP contribution is -2.29. The summed E-state index contributed by atoms with van der Waals surface area (Å²) in [6.45, 7) is 11.3. The molecular weight excluding hydrogens is 258 g/mol. The van der Waals surface area contributed by atoms with E-state index in [9.17, 15) is 9.59 Å². The van der Waals surface area contributed by atoms with Crippen LogP contribution < -0.4 is 0 Å². The SMILES string of the molecule is CCOC(=O)C(CCCCN(CC)CC)C(=O)OCC. The Morgan fingerprint density at radius 2 is 1.40 bits per heavy atom. The van der Waals surface area contributed by atoms with Crippen molar-refractivity contribution in [1.29, 1.82) is 0 Å². The van der Waals surface area contributed by atoms with Gasteiger partial charge < -0.3 is 14.4 Å². The van der Waals surface area contributed by atoms with E-state index in [1.54, 1.807) is 13.8 Å². The van der Waals surface area contributed by atoms with Gasteiger partial charge in [0.2, 0.25) is 0 Å². The highest BCUT2D eigenvalue weighted by molar-refractivity contribution is 5.94. The third-order valence-corrected chi connectivity index (χ3v) is 3.25. The van der Waals surface area contributed by atoms with Crippen LogP contribution in [-0.4, -0.2) is 49.7 Å². The van der Waals surface area contributed by atoms with Crippen LogP contribution in [0.25, 0.3) is 0 Å². The quantitative estimate of drug-likeness (QED) is 0.331. The number of carbonyl (C=O) groups excluding carboxylic acids is 2. The first-order valence-corrected chi connectivity index (χ1v) is 7.66. The van der Waals surface area contributed by atoms with Crippen LogP contribution in [0.1, 0.15) is 47.0 Å². The predicted molar refractivity (Wildman–Crippen MR) is 78.4 cm³/mol. The molecule has 0 saturated carbocycles. The summed E-state index contributed by atoms with van der Waals surface area (Å²) in [4.78, 5) is 25.9. The molecule has 0 aromatic rings. The average Bonchev–Trinajstić information content (AvgIpc) is 2.43. The summed E-state index contributed by atoms with van der Waals surface area (Å²) in [6.07, 6.45) is 2.29. The Kier molecular flexibility index (Phi) is 11.1. The zero-order valence-corrected chi connectivity index (χ0v) is 13.3. The lowest BCUT2D eigenvalue weighted by Gasteiger charge is -2.18. The van der Waals surface area contributed by atoms with Crippen molar-refractivity contribution in [3.05, 3.63) is 0 Å². The molecule has 0 fully saturated rings. The number of carbonyl (C=O) groups is 2. The van der Waals surface area contributed by atoms with Crippen LogP contribution in [0.5, 0.6) is 0 Å². The average molecular weight is 287 g/mol. The minimum atomic E-state index is -0.772. The molecule has 0 atom stereocenters. The molecule has 0 heterocycles. The number of esters is 2. The third kappa shape index (κ3) is 7.48. The topological polar surface area (TPSA) is 55.8 Å². The zero-order valence-electron chi connectivity index (χ0n) is 13.3. The Hall–Kier alpha value is -1.10. The van der Waals surface area contributed by atoms with Crippen molar-refractivity contribution in [2.75, 3.05) is 32.8 Å². The van der Waals surface area contributed by atoms with E-state index in [0.717, 1.165) is 32.5 Å². The monoisotopic (exact) mass is 287 g/mol. The van der Waals surface area contributed by atoms with E-state index in [0.29, 0.717) is 6.42 Å². The molecule has 5 heteroatoms. The van der Waals surface area contributed by atoms with Gasteiger partial charge >= 0.3 is 11.9 Å². The summed E-state index contributed by atoms with van der Waals surface area (Å²) < 4.78 is 9.88. The van der Waals surface area contributed by atoms with E-state index in [1.165, 1.54) is 0 Å². The molecule has 118 valence electrons. The van der Waals surface area contributed by atoms with Crippen LogP contribution in [0.3, 0.4) is 0 Å². The zero-order chi connectivity index (χ0) is 15.4. The van der Waals surface area contributed by atoms with E-state index in [1.807, 2.05) is 0 Å². The molecule has 20 heavy (non-hydrogen) atoms. The van der Waals surface area contributed by atoms with Gasteiger partial charge in [-0.05, 0) is 46.3 Å². The minimum Gasteiger partial charge on any atom is -0.465 e. The molecule has 0 bridgehead atoms. The Bertz CT molecular complexity index is 259. The number of nitrogens with zero attached hydrogens (tertiary/aromatic N) is 1. The van der Waals surface area contributed by atoms with E-state index in [-0.39, 0.29) is 13.2 Å². The van der Waals surface area contributed by atoms with Crippen molar-refractivity contribution < 1.29 is 19.1 Å². The lowest BCUT2D eigenvalue weighted by atomic mass is 10.0. The summed E-state index contributed by atoms with van der Waals surface area (Å²) in [6, 6.07) is 0. The predicted octanol–water partition coefficient (Wildman–Crippen LogP) is 2.24. The van der Waals surface area contributed by atoms with Gasteiger partial charge in [-0.25, -0.2) is 0 Å². The van der Waals surface area contributed by atoms with Gasteiger partial charge in [0, 0.05) is 0 Å². The van der Waals surface area contributed by atoms with Crippen LogP contribution in [0.15, 0.2) is 0 Å². The van der Waals surface area contributed by atoms with Crippen molar-refractivity contribution in [2.24, 2.45) is 5.92 Å². The fraction of sp³-hybridized carbons (Fsp3) is 0.867. The second-order valence-corrected chi connectivity index (χ2v) is 4.58. The maximum absolute atomic E-state index is 11.8. The van der Waals surface area contributed by atoms with E-state index < -0.39 is 17.9 Å². The van der Waals surface area contributed by atoms with Crippen molar-refractivity contribution >= 4 is 11.9 Å². The molecule has 0 aliphatic heterocycles. The maximum atomic E-state index is 11.8.